The zero-order valence-corrected chi connectivity index (χ0v) is 4.67. The molecule has 0 aromatic rings. The summed E-state index contributed by atoms with van der Waals surface area (Å²) >= 11 is 0. The number of rotatable bonds is 1. The first-order valence-corrected chi connectivity index (χ1v) is 3.13. The molecule has 0 spiro atoms. The van der Waals surface area contributed by atoms with Gasteiger partial charge in [0.15, 0.2) is 0 Å². The minimum absolute atomic E-state index is 0.108. The zero-order valence-electron chi connectivity index (χ0n) is 4.67. The van der Waals surface area contributed by atoms with Gasteiger partial charge in [-0.2, -0.15) is 0 Å². The van der Waals surface area contributed by atoms with E-state index < -0.39 is 0 Å². The number of fused-ring (bicyclic) bond motifs is 1. The van der Waals surface area contributed by atoms with Crippen LogP contribution in [0.1, 0.15) is 12.8 Å². The molecule has 1 saturated heterocycles. The fourth-order valence-corrected chi connectivity index (χ4v) is 1.48. The Hall–Kier alpha value is -0.0800. The maximum Gasteiger partial charge on any atom is 0.0852 e. The molecule has 0 N–H and O–H groups in total. The lowest BCUT2D eigenvalue weighted by atomic mass is 10.1. The van der Waals surface area contributed by atoms with Crippen molar-refractivity contribution in [3.05, 3.63) is 0 Å². The van der Waals surface area contributed by atoms with Crippen molar-refractivity contribution in [2.75, 3.05) is 6.61 Å². The molecule has 1 saturated carbocycles. The summed E-state index contributed by atoms with van der Waals surface area (Å²) in [7, 11) is 0. The lowest BCUT2D eigenvalue weighted by Crippen LogP contribution is -2.02. The van der Waals surface area contributed by atoms with E-state index in [0.29, 0.717) is 18.1 Å². The Labute approximate surface area is 48.5 Å². The van der Waals surface area contributed by atoms with Gasteiger partial charge >= 0.3 is 0 Å². The third-order valence-electron chi connectivity index (χ3n) is 2.05. The lowest BCUT2D eigenvalue weighted by Gasteiger charge is -2.02. The summed E-state index contributed by atoms with van der Waals surface area (Å²) in [6.07, 6.45) is 3.06. The Balaban J connectivity index is 1.89. The van der Waals surface area contributed by atoms with Crippen molar-refractivity contribution in [2.45, 2.75) is 25.0 Å². The highest BCUT2D eigenvalue weighted by molar-refractivity contribution is 4.95. The van der Waals surface area contributed by atoms with Crippen LogP contribution in [-0.2, 0) is 9.84 Å². The Morgan fingerprint density at radius 3 is 2.38 bits per heavy atom. The van der Waals surface area contributed by atoms with E-state index in [9.17, 15) is 5.11 Å². The van der Waals surface area contributed by atoms with E-state index in [1.807, 2.05) is 0 Å². The Morgan fingerprint density at radius 1 is 1.38 bits per heavy atom. The SMILES string of the molecule is [O]CC1CC2OC2C1. The highest BCUT2D eigenvalue weighted by Gasteiger charge is 2.47. The van der Waals surface area contributed by atoms with E-state index in [-0.39, 0.29) is 6.61 Å². The topological polar surface area (TPSA) is 32.4 Å². The van der Waals surface area contributed by atoms with Crippen LogP contribution in [-0.4, -0.2) is 18.8 Å². The van der Waals surface area contributed by atoms with Gasteiger partial charge in [0, 0.05) is 0 Å². The van der Waals surface area contributed by atoms with Crippen LogP contribution in [0.5, 0.6) is 0 Å². The second-order valence-corrected chi connectivity index (χ2v) is 2.72. The van der Waals surface area contributed by atoms with E-state index in [1.54, 1.807) is 0 Å². The summed E-state index contributed by atoms with van der Waals surface area (Å²) in [5.41, 5.74) is 0. The standard InChI is InChI=1S/C6H9O2/c7-3-4-1-5-6(2-4)8-5/h4-6H,1-3H2. The molecule has 2 aliphatic rings. The molecule has 2 rings (SSSR count). The second-order valence-electron chi connectivity index (χ2n) is 2.72. The van der Waals surface area contributed by atoms with Crippen molar-refractivity contribution in [1.82, 2.24) is 0 Å². The van der Waals surface area contributed by atoms with Gasteiger partial charge in [-0.3, -0.25) is 0 Å². The molecule has 8 heavy (non-hydrogen) atoms. The first-order chi connectivity index (χ1) is 3.90. The molecular weight excluding hydrogens is 104 g/mol. The molecule has 2 atom stereocenters. The molecule has 45 valence electrons. The monoisotopic (exact) mass is 113 g/mol. The van der Waals surface area contributed by atoms with Crippen LogP contribution in [0.2, 0.25) is 0 Å². The van der Waals surface area contributed by atoms with E-state index in [2.05, 4.69) is 0 Å². The number of ether oxygens (including phenoxy) is 1. The summed E-state index contributed by atoms with van der Waals surface area (Å²) in [5, 5.41) is 10.2. The predicted molar refractivity (Wildman–Crippen MR) is 26.9 cm³/mol. The maximum absolute atomic E-state index is 10.2. The summed E-state index contributed by atoms with van der Waals surface area (Å²) in [6.45, 7) is 0.108. The smallest absolute Gasteiger partial charge is 0.0852 e. The van der Waals surface area contributed by atoms with Crippen LogP contribution in [0, 0.1) is 5.92 Å². The number of hydrogen-bond donors (Lipinski definition) is 0. The van der Waals surface area contributed by atoms with Gasteiger partial charge in [-0.25, -0.2) is 5.11 Å². The fraction of sp³-hybridized carbons (Fsp3) is 1.00. The highest BCUT2D eigenvalue weighted by Crippen LogP contribution is 2.41. The average molecular weight is 113 g/mol. The van der Waals surface area contributed by atoms with Gasteiger partial charge < -0.3 is 4.74 Å². The zero-order chi connectivity index (χ0) is 5.56. The molecule has 0 bridgehead atoms. The van der Waals surface area contributed by atoms with Gasteiger partial charge in [0.25, 0.3) is 0 Å². The normalized spacial score (nSPS) is 51.4. The minimum Gasteiger partial charge on any atom is -0.370 e. The Bertz CT molecular complexity index is 92.7. The molecule has 2 unspecified atom stereocenters. The van der Waals surface area contributed by atoms with Crippen LogP contribution in [0.4, 0.5) is 0 Å². The number of epoxide rings is 1. The molecule has 0 amide bonds. The largest absolute Gasteiger partial charge is 0.370 e. The van der Waals surface area contributed by atoms with E-state index in [1.165, 1.54) is 0 Å². The third-order valence-corrected chi connectivity index (χ3v) is 2.05. The molecule has 2 nitrogen and oxygen atoms in total. The van der Waals surface area contributed by atoms with Crippen molar-refractivity contribution in [3.63, 3.8) is 0 Å². The molecule has 1 aliphatic heterocycles. The van der Waals surface area contributed by atoms with Gasteiger partial charge in [-0.05, 0) is 18.8 Å². The molecule has 0 aromatic carbocycles. The third kappa shape index (κ3) is 0.565. The average Bonchev–Trinajstić information content (AvgIpc) is 2.40. The number of hydrogen-bond acceptors (Lipinski definition) is 1. The lowest BCUT2D eigenvalue weighted by molar-refractivity contribution is 0.121. The molecule has 0 aromatic heterocycles. The Morgan fingerprint density at radius 2 is 2.00 bits per heavy atom. The quantitative estimate of drug-likeness (QED) is 0.458. The van der Waals surface area contributed by atoms with Gasteiger partial charge in [-0.1, -0.05) is 0 Å². The first-order valence-electron chi connectivity index (χ1n) is 3.13. The molecule has 2 fully saturated rings. The van der Waals surface area contributed by atoms with E-state index >= 15 is 0 Å². The van der Waals surface area contributed by atoms with Gasteiger partial charge in [0.05, 0.1) is 18.8 Å². The van der Waals surface area contributed by atoms with Crippen LogP contribution in [0.15, 0.2) is 0 Å². The maximum atomic E-state index is 10.2. The van der Waals surface area contributed by atoms with Crippen LogP contribution in [0.25, 0.3) is 0 Å². The van der Waals surface area contributed by atoms with E-state index in [0.717, 1.165) is 12.8 Å². The van der Waals surface area contributed by atoms with Crippen LogP contribution in [0.3, 0.4) is 0 Å². The van der Waals surface area contributed by atoms with E-state index in [4.69, 9.17) is 4.74 Å². The predicted octanol–water partition coefficient (Wildman–Crippen LogP) is 0.594. The first kappa shape index (κ1) is 4.77. The summed E-state index contributed by atoms with van der Waals surface area (Å²) < 4.78 is 5.15. The van der Waals surface area contributed by atoms with Crippen LogP contribution >= 0.6 is 0 Å². The van der Waals surface area contributed by atoms with Gasteiger partial charge in [0.1, 0.15) is 0 Å². The highest BCUT2D eigenvalue weighted by atomic mass is 16.6. The molecular formula is C6H9O2. The molecule has 1 radical (unpaired) electrons. The van der Waals surface area contributed by atoms with Crippen molar-refractivity contribution in [1.29, 1.82) is 0 Å². The van der Waals surface area contributed by atoms with Crippen molar-refractivity contribution in [3.8, 4) is 0 Å². The molecule has 1 heterocycles. The van der Waals surface area contributed by atoms with Gasteiger partial charge in [-0.15, -0.1) is 0 Å². The molecule has 2 heteroatoms. The summed E-state index contributed by atoms with van der Waals surface area (Å²) in [4.78, 5) is 0. The fourth-order valence-electron chi connectivity index (χ4n) is 1.48. The van der Waals surface area contributed by atoms with Crippen molar-refractivity contribution >= 4 is 0 Å². The minimum atomic E-state index is 0.108. The van der Waals surface area contributed by atoms with Crippen LogP contribution < -0.4 is 0 Å². The van der Waals surface area contributed by atoms with Crippen molar-refractivity contribution < 1.29 is 9.84 Å². The van der Waals surface area contributed by atoms with Gasteiger partial charge in [0.2, 0.25) is 0 Å². The summed E-state index contributed by atoms with van der Waals surface area (Å²) in [6, 6.07) is 0. The second kappa shape index (κ2) is 1.45. The summed E-state index contributed by atoms with van der Waals surface area (Å²) in [5.74, 6) is 0.443. The molecule has 1 aliphatic carbocycles. The van der Waals surface area contributed by atoms with Crippen molar-refractivity contribution in [2.24, 2.45) is 5.92 Å². The Kier molecular flexibility index (Phi) is 0.866.